The predicted molar refractivity (Wildman–Crippen MR) is 66.3 cm³/mol. The molecule has 0 bridgehead atoms. The fourth-order valence-electron chi connectivity index (χ4n) is 1.61. The van der Waals surface area contributed by atoms with Crippen molar-refractivity contribution in [2.75, 3.05) is 11.9 Å². The fourth-order valence-corrected chi connectivity index (χ4v) is 1.61. The molecule has 2 aromatic rings. The maximum atomic E-state index is 13.7. The Kier molecular flexibility index (Phi) is 3.32. The second kappa shape index (κ2) is 4.91. The maximum absolute atomic E-state index is 13.7. The van der Waals surface area contributed by atoms with E-state index in [0.717, 1.165) is 11.1 Å². The van der Waals surface area contributed by atoms with E-state index in [0.29, 0.717) is 18.2 Å². The van der Waals surface area contributed by atoms with Crippen molar-refractivity contribution in [3.63, 3.8) is 0 Å². The lowest BCUT2D eigenvalue weighted by Crippen LogP contribution is -2.04. The molecule has 3 nitrogen and oxygen atoms in total. The number of benzene rings is 1. The Bertz CT molecular complexity index is 526. The Labute approximate surface area is 99.7 Å². The molecule has 0 atom stereocenters. The summed E-state index contributed by atoms with van der Waals surface area (Å²) in [5.74, 6) is 0.0441. The van der Waals surface area contributed by atoms with Crippen molar-refractivity contribution in [2.45, 2.75) is 13.8 Å². The Morgan fingerprint density at radius 2 is 2.18 bits per heavy atom. The summed E-state index contributed by atoms with van der Waals surface area (Å²) < 4.78 is 13.7. The molecular weight excluding hydrogens is 217 g/mol. The van der Waals surface area contributed by atoms with Crippen LogP contribution in [0.3, 0.4) is 0 Å². The third kappa shape index (κ3) is 2.58. The highest BCUT2D eigenvalue weighted by Crippen LogP contribution is 2.21. The fraction of sp³-hybridized carbons (Fsp3) is 0.231. The number of rotatable bonds is 3. The number of hydrogen-bond acceptors (Lipinski definition) is 3. The Balaban J connectivity index is 2.46. The number of anilines is 1. The molecule has 0 amide bonds. The van der Waals surface area contributed by atoms with Crippen molar-refractivity contribution < 1.29 is 4.39 Å². The Morgan fingerprint density at radius 3 is 2.88 bits per heavy atom. The highest BCUT2D eigenvalue weighted by Gasteiger charge is 2.08. The van der Waals surface area contributed by atoms with Crippen LogP contribution in [-0.2, 0) is 0 Å². The van der Waals surface area contributed by atoms with Gasteiger partial charge in [-0.15, -0.1) is 0 Å². The summed E-state index contributed by atoms with van der Waals surface area (Å²) in [6.07, 6.45) is 1.20. The van der Waals surface area contributed by atoms with Crippen LogP contribution in [0.2, 0.25) is 0 Å². The molecule has 0 aliphatic heterocycles. The topological polar surface area (TPSA) is 37.8 Å². The number of nitrogens with one attached hydrogen (secondary N) is 1. The quantitative estimate of drug-likeness (QED) is 0.882. The van der Waals surface area contributed by atoms with Gasteiger partial charge in [0, 0.05) is 12.1 Å². The van der Waals surface area contributed by atoms with E-state index in [2.05, 4.69) is 15.3 Å². The van der Waals surface area contributed by atoms with Gasteiger partial charge in [0.05, 0.1) is 6.20 Å². The maximum Gasteiger partial charge on any atom is 0.223 e. The molecule has 1 aromatic carbocycles. The standard InChI is InChI=1S/C13H14FN3/c1-3-15-13-16-8-11(14)12(17-13)10-6-4-5-9(2)7-10/h4-8H,3H2,1-2H3,(H,15,16,17). The molecule has 17 heavy (non-hydrogen) atoms. The lowest BCUT2D eigenvalue weighted by atomic mass is 10.1. The smallest absolute Gasteiger partial charge is 0.223 e. The zero-order valence-electron chi connectivity index (χ0n) is 9.87. The monoisotopic (exact) mass is 231 g/mol. The minimum atomic E-state index is -0.405. The molecular formula is C13H14FN3. The van der Waals surface area contributed by atoms with Crippen LogP contribution in [0.1, 0.15) is 12.5 Å². The molecule has 1 N–H and O–H groups in total. The molecule has 0 radical (unpaired) electrons. The van der Waals surface area contributed by atoms with Crippen LogP contribution < -0.4 is 5.32 Å². The van der Waals surface area contributed by atoms with Gasteiger partial charge in [0.15, 0.2) is 5.82 Å². The molecule has 0 fully saturated rings. The summed E-state index contributed by atoms with van der Waals surface area (Å²) >= 11 is 0. The van der Waals surface area contributed by atoms with Crippen LogP contribution in [0, 0.1) is 12.7 Å². The van der Waals surface area contributed by atoms with E-state index in [1.54, 1.807) is 0 Å². The van der Waals surface area contributed by atoms with Gasteiger partial charge in [0.2, 0.25) is 5.95 Å². The molecule has 0 aliphatic carbocycles. The molecule has 0 saturated heterocycles. The summed E-state index contributed by atoms with van der Waals surface area (Å²) in [7, 11) is 0. The van der Waals surface area contributed by atoms with Gasteiger partial charge in [-0.3, -0.25) is 0 Å². The van der Waals surface area contributed by atoms with Crippen molar-refractivity contribution in [3.05, 3.63) is 41.8 Å². The van der Waals surface area contributed by atoms with E-state index >= 15 is 0 Å². The minimum absolute atomic E-state index is 0.333. The van der Waals surface area contributed by atoms with Gasteiger partial charge in [0.1, 0.15) is 5.69 Å². The van der Waals surface area contributed by atoms with E-state index in [1.807, 2.05) is 38.1 Å². The molecule has 1 aromatic heterocycles. The molecule has 0 unspecified atom stereocenters. The predicted octanol–water partition coefficient (Wildman–Crippen LogP) is 3.02. The Morgan fingerprint density at radius 1 is 1.35 bits per heavy atom. The first-order valence-corrected chi connectivity index (χ1v) is 5.54. The largest absolute Gasteiger partial charge is 0.354 e. The number of nitrogens with zero attached hydrogens (tertiary/aromatic N) is 2. The van der Waals surface area contributed by atoms with Crippen LogP contribution in [0.15, 0.2) is 30.5 Å². The van der Waals surface area contributed by atoms with Crippen LogP contribution in [0.25, 0.3) is 11.3 Å². The number of aromatic nitrogens is 2. The summed E-state index contributed by atoms with van der Waals surface area (Å²) in [6.45, 7) is 4.62. The van der Waals surface area contributed by atoms with Crippen molar-refractivity contribution in [3.8, 4) is 11.3 Å². The summed E-state index contributed by atoms with van der Waals surface area (Å²) in [5.41, 5.74) is 2.18. The first-order chi connectivity index (χ1) is 8.20. The molecule has 1 heterocycles. The normalized spacial score (nSPS) is 10.3. The minimum Gasteiger partial charge on any atom is -0.354 e. The van der Waals surface area contributed by atoms with Gasteiger partial charge in [-0.25, -0.2) is 14.4 Å². The first kappa shape index (κ1) is 11.5. The van der Waals surface area contributed by atoms with Crippen molar-refractivity contribution >= 4 is 5.95 Å². The number of hydrogen-bond donors (Lipinski definition) is 1. The highest BCUT2D eigenvalue weighted by molar-refractivity contribution is 5.61. The second-order valence-electron chi connectivity index (χ2n) is 3.79. The van der Waals surface area contributed by atoms with Crippen LogP contribution in [0.5, 0.6) is 0 Å². The van der Waals surface area contributed by atoms with Crippen molar-refractivity contribution in [2.24, 2.45) is 0 Å². The first-order valence-electron chi connectivity index (χ1n) is 5.54. The van der Waals surface area contributed by atoms with Gasteiger partial charge < -0.3 is 5.32 Å². The number of aryl methyl sites for hydroxylation is 1. The lowest BCUT2D eigenvalue weighted by Gasteiger charge is -2.06. The van der Waals surface area contributed by atoms with Crippen molar-refractivity contribution in [1.29, 1.82) is 0 Å². The van der Waals surface area contributed by atoms with Gasteiger partial charge >= 0.3 is 0 Å². The highest BCUT2D eigenvalue weighted by atomic mass is 19.1. The number of halogens is 1. The lowest BCUT2D eigenvalue weighted by molar-refractivity contribution is 0.618. The molecule has 2 rings (SSSR count). The van der Waals surface area contributed by atoms with E-state index in [-0.39, 0.29) is 0 Å². The third-order valence-electron chi connectivity index (χ3n) is 2.37. The molecule has 88 valence electrons. The average molecular weight is 231 g/mol. The SMILES string of the molecule is CCNc1ncc(F)c(-c2cccc(C)c2)n1. The summed E-state index contributed by atoms with van der Waals surface area (Å²) in [4.78, 5) is 8.06. The van der Waals surface area contributed by atoms with Crippen LogP contribution >= 0.6 is 0 Å². The zero-order chi connectivity index (χ0) is 12.3. The van der Waals surface area contributed by atoms with Crippen LogP contribution in [-0.4, -0.2) is 16.5 Å². The van der Waals surface area contributed by atoms with Gasteiger partial charge in [-0.05, 0) is 19.9 Å². The third-order valence-corrected chi connectivity index (χ3v) is 2.37. The molecule has 4 heteroatoms. The van der Waals surface area contributed by atoms with Gasteiger partial charge in [-0.1, -0.05) is 23.8 Å². The van der Waals surface area contributed by atoms with E-state index in [4.69, 9.17) is 0 Å². The van der Waals surface area contributed by atoms with E-state index in [9.17, 15) is 4.39 Å². The molecule has 0 aliphatic rings. The Hall–Kier alpha value is -1.97. The molecule has 0 saturated carbocycles. The van der Waals surface area contributed by atoms with Crippen LogP contribution in [0.4, 0.5) is 10.3 Å². The zero-order valence-corrected chi connectivity index (χ0v) is 9.87. The summed E-state index contributed by atoms with van der Waals surface area (Å²) in [5, 5.41) is 2.97. The van der Waals surface area contributed by atoms with Gasteiger partial charge in [0.25, 0.3) is 0 Å². The van der Waals surface area contributed by atoms with Gasteiger partial charge in [-0.2, -0.15) is 0 Å². The van der Waals surface area contributed by atoms with E-state index < -0.39 is 5.82 Å². The second-order valence-corrected chi connectivity index (χ2v) is 3.79. The average Bonchev–Trinajstić information content (AvgIpc) is 2.32. The van der Waals surface area contributed by atoms with E-state index in [1.165, 1.54) is 6.20 Å². The van der Waals surface area contributed by atoms with Crippen molar-refractivity contribution in [1.82, 2.24) is 9.97 Å². The molecule has 0 spiro atoms. The summed E-state index contributed by atoms with van der Waals surface area (Å²) in [6, 6.07) is 7.60.